The Morgan fingerprint density at radius 3 is 2.27 bits per heavy atom. The topological polar surface area (TPSA) is 71.1 Å². The second kappa shape index (κ2) is 11.8. The molecule has 0 fully saturated rings. The number of benzene rings is 1. The molecule has 0 radical (unpaired) electrons. The molecule has 1 aromatic rings. The Morgan fingerprint density at radius 2 is 1.73 bits per heavy atom. The van der Waals surface area contributed by atoms with Crippen LogP contribution in [0.15, 0.2) is 18.2 Å². The van der Waals surface area contributed by atoms with Crippen LogP contribution in [0.2, 0.25) is 5.02 Å². The Kier molecular flexibility index (Phi) is 10.2. The maximum Gasteiger partial charge on any atom is 0.325 e. The number of carbonyl (C=O) groups is 2. The summed E-state index contributed by atoms with van der Waals surface area (Å²) in [6.07, 6.45) is 0.137. The number of esters is 2. The lowest BCUT2D eigenvalue weighted by molar-refractivity contribution is -0.157. The first kappa shape index (κ1) is 22.3. The summed E-state index contributed by atoms with van der Waals surface area (Å²) < 4.78 is 20.4. The highest BCUT2D eigenvalue weighted by atomic mass is 35.5. The third-order valence-electron chi connectivity index (χ3n) is 3.32. The van der Waals surface area contributed by atoms with Crippen molar-refractivity contribution in [2.75, 3.05) is 33.5 Å². The summed E-state index contributed by atoms with van der Waals surface area (Å²) in [6.45, 7) is 4.36. The molecule has 0 aliphatic carbocycles. The van der Waals surface area contributed by atoms with Gasteiger partial charge in [-0.1, -0.05) is 36.0 Å². The van der Waals surface area contributed by atoms with E-state index in [0.717, 1.165) is 0 Å². The molecule has 26 heavy (non-hydrogen) atoms. The molecule has 0 bridgehead atoms. The van der Waals surface area contributed by atoms with E-state index >= 15 is 0 Å². The fraction of sp³-hybridized carbons (Fsp3) is 0.500. The highest BCUT2D eigenvalue weighted by Crippen LogP contribution is 2.29. The van der Waals surface area contributed by atoms with Crippen molar-refractivity contribution < 1.29 is 28.5 Å². The molecule has 0 amide bonds. The molecule has 1 aromatic carbocycles. The molecule has 0 heterocycles. The normalized spacial score (nSPS) is 10.5. The van der Waals surface area contributed by atoms with Crippen molar-refractivity contribution in [3.63, 3.8) is 0 Å². The Hall–Kier alpha value is -1.70. The molecule has 0 aliphatic heterocycles. The van der Waals surface area contributed by atoms with Gasteiger partial charge in [-0.05, 0) is 25.5 Å². The average molecular weight is 403 g/mol. The van der Waals surface area contributed by atoms with E-state index in [2.05, 4.69) is 0 Å². The molecule has 6 nitrogen and oxygen atoms in total. The number of carbonyl (C=O) groups excluding carboxylic acids is 2. The van der Waals surface area contributed by atoms with Crippen molar-refractivity contribution in [3.05, 3.63) is 28.8 Å². The van der Waals surface area contributed by atoms with Crippen molar-refractivity contribution in [1.29, 1.82) is 0 Å². The Balaban J connectivity index is 2.96. The molecule has 0 saturated heterocycles. The van der Waals surface area contributed by atoms with Crippen LogP contribution in [-0.2, 0) is 30.2 Å². The van der Waals surface area contributed by atoms with Crippen molar-refractivity contribution in [1.82, 2.24) is 0 Å². The molecular formula is C18H23ClO6S. The van der Waals surface area contributed by atoms with Gasteiger partial charge in [0.15, 0.2) is 5.92 Å². The van der Waals surface area contributed by atoms with Gasteiger partial charge in [0.2, 0.25) is 0 Å². The molecule has 0 N–H and O–H groups in total. The number of ether oxygens (including phenoxy) is 4. The first-order valence-electron chi connectivity index (χ1n) is 8.21. The van der Waals surface area contributed by atoms with Crippen LogP contribution in [0.1, 0.15) is 19.4 Å². The highest BCUT2D eigenvalue weighted by molar-refractivity contribution is 7.80. The zero-order valence-corrected chi connectivity index (χ0v) is 16.7. The van der Waals surface area contributed by atoms with Gasteiger partial charge in [0, 0.05) is 18.4 Å². The van der Waals surface area contributed by atoms with Gasteiger partial charge in [-0.2, -0.15) is 0 Å². The van der Waals surface area contributed by atoms with Gasteiger partial charge in [-0.15, -0.1) is 0 Å². The standard InChI is InChI=1S/C18H23ClO6S/c1-4-23-17(20)15(18(21)24-5-2)14(26)11-12-7-6-8-13(16(12)19)25-10-9-22-3/h6-8,15H,4-5,9-11H2,1-3H3. The Morgan fingerprint density at radius 1 is 1.12 bits per heavy atom. The number of halogens is 1. The first-order valence-corrected chi connectivity index (χ1v) is 8.99. The summed E-state index contributed by atoms with van der Waals surface area (Å²) in [5.74, 6) is -2.23. The van der Waals surface area contributed by atoms with Gasteiger partial charge in [0.25, 0.3) is 0 Å². The van der Waals surface area contributed by atoms with Crippen LogP contribution >= 0.6 is 23.8 Å². The van der Waals surface area contributed by atoms with E-state index in [1.807, 2.05) is 0 Å². The third-order valence-corrected chi connectivity index (χ3v) is 4.13. The summed E-state index contributed by atoms with van der Waals surface area (Å²) in [7, 11) is 1.57. The molecule has 0 spiro atoms. The van der Waals surface area contributed by atoms with Crippen molar-refractivity contribution in [2.45, 2.75) is 20.3 Å². The minimum Gasteiger partial charge on any atom is -0.490 e. The fourth-order valence-corrected chi connectivity index (χ4v) is 2.73. The molecule has 0 unspecified atom stereocenters. The van der Waals surface area contributed by atoms with Gasteiger partial charge in [-0.25, -0.2) is 0 Å². The molecule has 8 heteroatoms. The number of methoxy groups -OCH3 is 1. The van der Waals surface area contributed by atoms with Crippen LogP contribution in [0.4, 0.5) is 0 Å². The lowest BCUT2D eigenvalue weighted by atomic mass is 9.99. The van der Waals surface area contributed by atoms with Gasteiger partial charge in [-0.3, -0.25) is 9.59 Å². The summed E-state index contributed by atoms with van der Waals surface area (Å²) in [5, 5.41) is 0.373. The predicted octanol–water partition coefficient (Wildman–Crippen LogP) is 3.02. The maximum absolute atomic E-state index is 12.1. The lowest BCUT2D eigenvalue weighted by Crippen LogP contribution is -2.35. The summed E-state index contributed by atoms with van der Waals surface area (Å²) in [6, 6.07) is 5.24. The van der Waals surface area contributed by atoms with Gasteiger partial charge in [0.05, 0.1) is 24.8 Å². The van der Waals surface area contributed by atoms with Crippen LogP contribution in [0, 0.1) is 5.92 Å². The van der Waals surface area contributed by atoms with Crippen LogP contribution in [0.3, 0.4) is 0 Å². The van der Waals surface area contributed by atoms with Gasteiger partial charge < -0.3 is 18.9 Å². The molecule has 0 aliphatic rings. The van der Waals surface area contributed by atoms with Crippen LogP contribution < -0.4 is 4.74 Å². The zero-order chi connectivity index (χ0) is 19.5. The largest absolute Gasteiger partial charge is 0.490 e. The lowest BCUT2D eigenvalue weighted by Gasteiger charge is -2.17. The van der Waals surface area contributed by atoms with E-state index in [4.69, 9.17) is 42.8 Å². The number of hydrogen-bond donors (Lipinski definition) is 0. The summed E-state index contributed by atoms with van der Waals surface area (Å²) in [5.41, 5.74) is 0.644. The monoisotopic (exact) mass is 402 g/mol. The number of rotatable bonds is 11. The Labute approximate surface area is 163 Å². The minimum atomic E-state index is -1.26. The number of hydrogen-bond acceptors (Lipinski definition) is 7. The second-order valence-corrected chi connectivity index (χ2v) is 6.05. The third kappa shape index (κ3) is 6.55. The van der Waals surface area contributed by atoms with E-state index in [1.54, 1.807) is 39.2 Å². The fourth-order valence-electron chi connectivity index (χ4n) is 2.14. The minimum absolute atomic E-state index is 0.137. The SMILES string of the molecule is CCOC(=O)C(C(=O)OCC)C(=S)Cc1cccc(OCCOC)c1Cl. The van der Waals surface area contributed by atoms with Gasteiger partial charge in [0.1, 0.15) is 12.4 Å². The number of thiocarbonyl (C=S) groups is 1. The van der Waals surface area contributed by atoms with E-state index in [-0.39, 0.29) is 24.5 Å². The zero-order valence-electron chi connectivity index (χ0n) is 15.1. The van der Waals surface area contributed by atoms with Crippen LogP contribution in [0.25, 0.3) is 0 Å². The second-order valence-electron chi connectivity index (χ2n) is 5.15. The van der Waals surface area contributed by atoms with E-state index in [1.165, 1.54) is 0 Å². The van der Waals surface area contributed by atoms with Crippen molar-refractivity contribution in [3.8, 4) is 5.75 Å². The Bertz CT molecular complexity index is 616. The van der Waals surface area contributed by atoms with E-state index in [9.17, 15) is 9.59 Å². The summed E-state index contributed by atoms with van der Waals surface area (Å²) >= 11 is 11.7. The summed E-state index contributed by atoms with van der Waals surface area (Å²) in [4.78, 5) is 24.4. The van der Waals surface area contributed by atoms with Gasteiger partial charge >= 0.3 is 11.9 Å². The molecule has 1 rings (SSSR count). The van der Waals surface area contributed by atoms with Crippen LogP contribution in [-0.4, -0.2) is 50.3 Å². The molecule has 0 atom stereocenters. The smallest absolute Gasteiger partial charge is 0.325 e. The average Bonchev–Trinajstić information content (AvgIpc) is 2.59. The van der Waals surface area contributed by atoms with Crippen molar-refractivity contribution >= 4 is 40.6 Å². The van der Waals surface area contributed by atoms with Crippen molar-refractivity contribution in [2.24, 2.45) is 5.92 Å². The van der Waals surface area contributed by atoms with E-state index < -0.39 is 17.9 Å². The van der Waals surface area contributed by atoms with Crippen LogP contribution in [0.5, 0.6) is 5.75 Å². The molecule has 0 aromatic heterocycles. The first-order chi connectivity index (χ1) is 12.5. The quantitative estimate of drug-likeness (QED) is 0.244. The molecule has 0 saturated carbocycles. The predicted molar refractivity (Wildman–Crippen MR) is 102 cm³/mol. The molecular weight excluding hydrogens is 380 g/mol. The van der Waals surface area contributed by atoms with E-state index in [0.29, 0.717) is 29.5 Å². The maximum atomic E-state index is 12.1. The molecule has 144 valence electrons. The highest BCUT2D eigenvalue weighted by Gasteiger charge is 2.34.